The van der Waals surface area contributed by atoms with Gasteiger partial charge in [-0.25, -0.2) is 14.2 Å². The highest BCUT2D eigenvalue weighted by atomic mass is 19.1. The number of pyridine rings is 2. The lowest BCUT2D eigenvalue weighted by molar-refractivity contribution is -0.157. The fourth-order valence-corrected chi connectivity index (χ4v) is 9.41. The van der Waals surface area contributed by atoms with E-state index >= 15 is 4.39 Å². The molecule has 0 saturated heterocycles. The molecule has 0 radical (unpaired) electrons. The van der Waals surface area contributed by atoms with Gasteiger partial charge in [-0.3, -0.25) is 38.4 Å². The molecule has 1 unspecified atom stereocenters. The van der Waals surface area contributed by atoms with Gasteiger partial charge in [0.25, 0.3) is 5.56 Å². The largest absolute Gasteiger partial charge is 0.458 e. The fourth-order valence-electron chi connectivity index (χ4n) is 9.41. The normalized spacial score (nSPS) is 17.5. The van der Waals surface area contributed by atoms with Crippen molar-refractivity contribution < 1.29 is 62.4 Å². The lowest BCUT2D eigenvalue weighted by Crippen LogP contribution is -2.52. The van der Waals surface area contributed by atoms with Gasteiger partial charge in [-0.15, -0.1) is 0 Å². The summed E-state index contributed by atoms with van der Waals surface area (Å²) in [6.07, 6.45) is 2.72. The number of ether oxygens (including phenoxy) is 2. The summed E-state index contributed by atoms with van der Waals surface area (Å²) in [5, 5.41) is 36.4. The van der Waals surface area contributed by atoms with Crippen molar-refractivity contribution in [1.82, 2.24) is 46.4 Å². The number of nitrogens with one attached hydrogen (secondary N) is 6. The first-order valence-corrected chi connectivity index (χ1v) is 23.8. The topological polar surface area (TPSA) is 306 Å². The summed E-state index contributed by atoms with van der Waals surface area (Å²) in [6, 6.07) is 9.81. The number of unbranched alkanes of at least 4 members (excludes halogenated alkanes) is 2. The molecular weight excluding hydrogens is 954 g/mol. The van der Waals surface area contributed by atoms with E-state index in [4.69, 9.17) is 14.5 Å². The molecule has 4 atom stereocenters. The van der Waals surface area contributed by atoms with Crippen LogP contribution in [0.1, 0.15) is 83.2 Å². The summed E-state index contributed by atoms with van der Waals surface area (Å²) in [5.41, 5.74) is 3.87. The van der Waals surface area contributed by atoms with Crippen molar-refractivity contribution in [2.24, 2.45) is 0 Å². The summed E-state index contributed by atoms with van der Waals surface area (Å²) in [7, 11) is 0. The Morgan fingerprint density at radius 2 is 1.62 bits per heavy atom. The standard InChI is InChI=1S/C50H54FN9O13/c1-26-28-11-12-33(45-30-22-60-36(46(30)58-34(44(28)45)18-32(26)51)17-29-31(49(60)70)23-73-50(71)47(29)68)56-41(65)24-72-25-55-39(63)20-54-48(69)35(16-27-8-4-2-5-9-27)57-40(64)21-53-38(62)19-52-37(61)10-6-3-7-15-59-42(66)13-14-43(59)67/h2,4-5,8-9,13-14,17-18,33,35,42,47,66,68H,3,6-7,10-12,15-16,19-25H2,1H3,(H,52,61)(H,53,62)(H,54,69)(H,55,63)(H,56,65)(H,57,64)/t33-,35-,42?,47-/m0/s1. The summed E-state index contributed by atoms with van der Waals surface area (Å²) < 4.78 is 27.2. The third-order valence-electron chi connectivity index (χ3n) is 13.2. The number of aromatic nitrogens is 2. The number of carbonyl (C=O) groups excluding carboxylic acids is 8. The van der Waals surface area contributed by atoms with Crippen LogP contribution in [0, 0.1) is 12.7 Å². The molecule has 384 valence electrons. The Morgan fingerprint density at radius 1 is 0.877 bits per heavy atom. The predicted octanol–water partition coefficient (Wildman–Crippen LogP) is -0.490. The Balaban J connectivity index is 0.792. The molecule has 5 heterocycles. The SMILES string of the molecule is Cc1c(F)cc2nc3c(c4c2c1CC[C@@H]4NC(=O)COCNC(=O)CNC(=O)[C@H](Cc1ccccc1)NC(=O)CNC(=O)CNC(=O)CCCCCN1C(=O)C=CC1O)Cn1c-3cc2c(c1=O)COC(=O)[C@H]2O. The minimum absolute atomic E-state index is 0.0417. The Labute approximate surface area is 416 Å². The molecule has 22 nitrogen and oxygen atoms in total. The van der Waals surface area contributed by atoms with Crippen molar-refractivity contribution >= 4 is 58.2 Å². The van der Waals surface area contributed by atoms with Gasteiger partial charge in [-0.05, 0) is 67.0 Å². The molecule has 8 rings (SSSR count). The second-order valence-electron chi connectivity index (χ2n) is 18.0. The van der Waals surface area contributed by atoms with Crippen molar-refractivity contribution in [2.45, 2.75) is 89.4 Å². The summed E-state index contributed by atoms with van der Waals surface area (Å²) in [5.74, 6) is -5.30. The zero-order valence-corrected chi connectivity index (χ0v) is 39.7. The number of hydrogen-bond acceptors (Lipinski definition) is 14. The Hall–Kier alpha value is -7.89. The average Bonchev–Trinajstić information content (AvgIpc) is 3.91. The molecule has 3 aliphatic heterocycles. The van der Waals surface area contributed by atoms with Crippen molar-refractivity contribution in [3.05, 3.63) is 110 Å². The second-order valence-corrected chi connectivity index (χ2v) is 18.0. The molecule has 8 N–H and O–H groups in total. The van der Waals surface area contributed by atoms with Gasteiger partial charge >= 0.3 is 5.97 Å². The number of fused-ring (bicyclic) bond motifs is 5. The third-order valence-corrected chi connectivity index (χ3v) is 13.2. The lowest BCUT2D eigenvalue weighted by Gasteiger charge is -2.29. The van der Waals surface area contributed by atoms with Crippen LogP contribution in [0.4, 0.5) is 4.39 Å². The molecule has 4 aromatic rings. The van der Waals surface area contributed by atoms with E-state index in [-0.39, 0.29) is 48.9 Å². The number of esters is 1. The molecule has 73 heavy (non-hydrogen) atoms. The molecule has 0 fully saturated rings. The first-order valence-electron chi connectivity index (χ1n) is 23.8. The van der Waals surface area contributed by atoms with Crippen molar-refractivity contribution in [3.8, 4) is 11.4 Å². The van der Waals surface area contributed by atoms with E-state index in [0.717, 1.165) is 5.56 Å². The van der Waals surface area contributed by atoms with Gasteiger partial charge in [0.15, 0.2) is 6.10 Å². The van der Waals surface area contributed by atoms with E-state index in [2.05, 4.69) is 31.9 Å². The summed E-state index contributed by atoms with van der Waals surface area (Å²) >= 11 is 0. The van der Waals surface area contributed by atoms with E-state index in [1.807, 2.05) is 0 Å². The maximum atomic E-state index is 15.3. The van der Waals surface area contributed by atoms with E-state index in [9.17, 15) is 53.4 Å². The van der Waals surface area contributed by atoms with Crippen LogP contribution in [0.5, 0.6) is 0 Å². The Morgan fingerprint density at radius 3 is 2.38 bits per heavy atom. The van der Waals surface area contributed by atoms with Crippen LogP contribution in [0.2, 0.25) is 0 Å². The Kier molecular flexibility index (Phi) is 16.0. The second kappa shape index (κ2) is 22.7. The van der Waals surface area contributed by atoms with E-state index < -0.39 is 104 Å². The number of halogens is 1. The third kappa shape index (κ3) is 11.7. The number of nitrogens with zero attached hydrogens (tertiary/aromatic N) is 3. The number of rotatable bonds is 21. The van der Waals surface area contributed by atoms with E-state index in [1.54, 1.807) is 37.3 Å². The number of aliphatic hydroxyl groups is 2. The monoisotopic (exact) mass is 1010 g/mol. The van der Waals surface area contributed by atoms with Crippen molar-refractivity contribution in [1.29, 1.82) is 0 Å². The van der Waals surface area contributed by atoms with Crippen LogP contribution in [0.15, 0.2) is 59.4 Å². The molecule has 4 aliphatic rings. The predicted molar refractivity (Wildman–Crippen MR) is 255 cm³/mol. The van der Waals surface area contributed by atoms with Crippen LogP contribution in [0.3, 0.4) is 0 Å². The highest BCUT2D eigenvalue weighted by Crippen LogP contribution is 2.45. The van der Waals surface area contributed by atoms with Gasteiger partial charge in [0.2, 0.25) is 41.4 Å². The molecule has 0 saturated carbocycles. The highest BCUT2D eigenvalue weighted by Gasteiger charge is 2.38. The lowest BCUT2D eigenvalue weighted by atomic mass is 9.81. The number of amides is 7. The average molecular weight is 1010 g/mol. The molecule has 0 bridgehead atoms. The van der Waals surface area contributed by atoms with Crippen LogP contribution in [-0.2, 0) is 73.8 Å². The zero-order valence-electron chi connectivity index (χ0n) is 39.7. The highest BCUT2D eigenvalue weighted by molar-refractivity contribution is 5.95. The van der Waals surface area contributed by atoms with Gasteiger partial charge in [0, 0.05) is 48.0 Å². The number of aryl methyl sites for hydroxylation is 1. The minimum Gasteiger partial charge on any atom is -0.458 e. The van der Waals surface area contributed by atoms with Gasteiger partial charge in [0.05, 0.1) is 54.7 Å². The van der Waals surface area contributed by atoms with Gasteiger partial charge < -0.3 is 61.1 Å². The molecule has 0 spiro atoms. The first kappa shape index (κ1) is 51.5. The number of hydrogen-bond donors (Lipinski definition) is 8. The van der Waals surface area contributed by atoms with E-state index in [0.29, 0.717) is 83.2 Å². The summed E-state index contributed by atoms with van der Waals surface area (Å²) in [4.78, 5) is 121. The van der Waals surface area contributed by atoms with E-state index in [1.165, 1.54) is 33.8 Å². The molecule has 23 heteroatoms. The summed E-state index contributed by atoms with van der Waals surface area (Å²) in [6.45, 7) is -0.571. The number of carbonyl (C=O) groups is 8. The van der Waals surface area contributed by atoms with Gasteiger partial charge in [0.1, 0.15) is 38.0 Å². The molecule has 7 amide bonds. The zero-order chi connectivity index (χ0) is 51.9. The van der Waals surface area contributed by atoms with Crippen molar-refractivity contribution in [3.63, 3.8) is 0 Å². The molecule has 1 aliphatic carbocycles. The number of cyclic esters (lactones) is 1. The number of aliphatic hydroxyl groups excluding tert-OH is 2. The first-order chi connectivity index (χ1) is 35.1. The van der Waals surface area contributed by atoms with Gasteiger partial charge in [-0.1, -0.05) is 36.8 Å². The molecule has 2 aromatic carbocycles. The van der Waals surface area contributed by atoms with Crippen LogP contribution in [0.25, 0.3) is 22.3 Å². The fraction of sp³-hybridized carbons (Fsp3) is 0.400. The van der Waals surface area contributed by atoms with Crippen LogP contribution >= 0.6 is 0 Å². The minimum atomic E-state index is -1.67. The molecule has 2 aromatic heterocycles. The van der Waals surface area contributed by atoms with Crippen LogP contribution in [-0.4, -0.2) is 124 Å². The Bertz CT molecular complexity index is 2980. The molecular formula is C50H54FN9O13. The van der Waals surface area contributed by atoms with Crippen LogP contribution < -0.4 is 37.5 Å². The maximum Gasteiger partial charge on any atom is 0.340 e. The van der Waals surface area contributed by atoms with Crippen molar-refractivity contribution in [2.75, 3.05) is 39.5 Å². The number of benzene rings is 2. The quantitative estimate of drug-likeness (QED) is 0.0262. The van der Waals surface area contributed by atoms with Gasteiger partial charge in [-0.2, -0.15) is 0 Å². The maximum absolute atomic E-state index is 15.3. The smallest absolute Gasteiger partial charge is 0.340 e.